The molecule has 0 aromatic carbocycles. The molecule has 0 amide bonds. The first-order valence-electron chi connectivity index (χ1n) is 21.2. The van der Waals surface area contributed by atoms with E-state index < -0.39 is 146 Å². The molecule has 59 heavy (non-hydrogen) atoms. The van der Waals surface area contributed by atoms with Crippen LogP contribution in [-0.2, 0) is 52.2 Å². The van der Waals surface area contributed by atoms with E-state index in [1.807, 2.05) is 39.8 Å². The van der Waals surface area contributed by atoms with Gasteiger partial charge in [0, 0.05) is 37.3 Å². The third-order valence-electron chi connectivity index (χ3n) is 13.5. The van der Waals surface area contributed by atoms with E-state index >= 15 is 0 Å². The topological polar surface area (TPSA) is 245 Å². The molecule has 5 aliphatic rings. The van der Waals surface area contributed by atoms with Crippen LogP contribution >= 0.6 is 0 Å². The molecule has 0 aromatic heterocycles. The van der Waals surface area contributed by atoms with Crippen molar-refractivity contribution in [1.29, 1.82) is 0 Å². The van der Waals surface area contributed by atoms with Crippen molar-refractivity contribution in [1.82, 2.24) is 4.90 Å². The van der Waals surface area contributed by atoms with Crippen LogP contribution in [0, 0.1) is 29.6 Å². The Labute approximate surface area is 347 Å². The summed E-state index contributed by atoms with van der Waals surface area (Å²) in [4.78, 5) is 30.2. The maximum absolute atomic E-state index is 14.2. The number of hydrogen-bond donors (Lipinski definition) is 6. The van der Waals surface area contributed by atoms with E-state index in [1.165, 1.54) is 7.11 Å². The van der Waals surface area contributed by atoms with Crippen LogP contribution in [0.5, 0.6) is 0 Å². The molecule has 0 bridgehead atoms. The van der Waals surface area contributed by atoms with Crippen LogP contribution in [-0.4, -0.2) is 192 Å². The summed E-state index contributed by atoms with van der Waals surface area (Å²) in [6.07, 6.45) is -16.3. The van der Waals surface area contributed by atoms with E-state index in [9.17, 15) is 40.2 Å². The lowest BCUT2D eigenvalue weighted by Crippen LogP contribution is -2.63. The highest BCUT2D eigenvalue weighted by Crippen LogP contribution is 2.44. The van der Waals surface area contributed by atoms with Gasteiger partial charge in [0.25, 0.3) is 0 Å². The number of epoxide rings is 1. The van der Waals surface area contributed by atoms with Gasteiger partial charge in [0.1, 0.15) is 42.7 Å². The summed E-state index contributed by atoms with van der Waals surface area (Å²) in [7, 11) is 5.18. The van der Waals surface area contributed by atoms with Crippen molar-refractivity contribution >= 4 is 11.8 Å². The molecule has 5 fully saturated rings. The fourth-order valence-electron chi connectivity index (χ4n) is 9.36. The first-order chi connectivity index (χ1) is 27.7. The number of esters is 1. The van der Waals surface area contributed by atoms with Gasteiger partial charge in [-0.25, -0.2) is 0 Å². The number of carbonyl (C=O) groups excluding carboxylic acids is 2. The number of hydrogen-bond acceptors (Lipinski definition) is 18. The Morgan fingerprint density at radius 1 is 0.712 bits per heavy atom. The van der Waals surface area contributed by atoms with Crippen LogP contribution in [0.4, 0.5) is 0 Å². The third kappa shape index (κ3) is 10.5. The Morgan fingerprint density at radius 2 is 1.36 bits per heavy atom. The molecule has 342 valence electrons. The van der Waals surface area contributed by atoms with Gasteiger partial charge in [-0.05, 0) is 60.5 Å². The maximum atomic E-state index is 14.2. The van der Waals surface area contributed by atoms with Gasteiger partial charge in [-0.15, -0.1) is 0 Å². The number of aliphatic hydroxyl groups is 6. The van der Waals surface area contributed by atoms with Gasteiger partial charge >= 0.3 is 5.97 Å². The Bertz CT molecular complexity index is 1380. The first-order valence-corrected chi connectivity index (χ1v) is 21.2. The zero-order valence-electron chi connectivity index (χ0n) is 36.4. The van der Waals surface area contributed by atoms with Gasteiger partial charge in [-0.1, -0.05) is 27.7 Å². The SMILES string of the molecule is CO[C@H]1C[C@H](OC2[C@@H](C)C(=O)O[C@H](C)[C@H](C)[C@H](O)[C@@H](C)C(=O)[C@]3(CO3)C[C@H](C)[C@H](O[C@@H]3O[C@H](C)C[C@H](N(C)C)[C@H]3O[C@@H]3O[C@H](CO)[C@@H](O)[C@H](O)[C@H]3O)[C@H]2C)O[C@@H](C)[C@@H]1O. The lowest BCUT2D eigenvalue weighted by molar-refractivity contribution is -0.357. The largest absolute Gasteiger partial charge is 0.462 e. The molecule has 1 spiro atoms. The molecular formula is C41H71NO17. The zero-order chi connectivity index (χ0) is 43.8. The molecular weight excluding hydrogens is 778 g/mol. The summed E-state index contributed by atoms with van der Waals surface area (Å²) < 4.78 is 56.1. The van der Waals surface area contributed by atoms with E-state index in [0.29, 0.717) is 6.42 Å². The number of aliphatic hydroxyl groups excluding tert-OH is 6. The highest BCUT2D eigenvalue weighted by molar-refractivity contribution is 5.92. The Morgan fingerprint density at radius 3 is 1.95 bits per heavy atom. The van der Waals surface area contributed by atoms with Gasteiger partial charge in [0.15, 0.2) is 30.3 Å². The van der Waals surface area contributed by atoms with E-state index in [1.54, 1.807) is 34.6 Å². The normalized spacial score (nSPS) is 50.7. The van der Waals surface area contributed by atoms with Gasteiger partial charge < -0.3 is 78.2 Å². The van der Waals surface area contributed by atoms with Crippen molar-refractivity contribution in [2.24, 2.45) is 29.6 Å². The average Bonchev–Trinajstić information content (AvgIpc) is 3.98. The van der Waals surface area contributed by atoms with Crippen LogP contribution in [0.25, 0.3) is 0 Å². The minimum atomic E-state index is -1.69. The van der Waals surface area contributed by atoms with E-state index in [2.05, 4.69) is 0 Å². The number of nitrogens with zero attached hydrogens (tertiary/aromatic N) is 1. The Hall–Kier alpha value is -1.46. The molecule has 0 radical (unpaired) electrons. The molecule has 5 aliphatic heterocycles. The number of ether oxygens (including phenoxy) is 9. The van der Waals surface area contributed by atoms with Crippen molar-refractivity contribution in [2.45, 2.75) is 185 Å². The zero-order valence-corrected chi connectivity index (χ0v) is 36.4. The van der Waals surface area contributed by atoms with Crippen molar-refractivity contribution in [3.05, 3.63) is 0 Å². The summed E-state index contributed by atoms with van der Waals surface area (Å²) in [5, 5.41) is 64.2. The lowest BCUT2D eigenvalue weighted by atomic mass is 9.76. The monoisotopic (exact) mass is 849 g/mol. The van der Waals surface area contributed by atoms with E-state index in [4.69, 9.17) is 42.6 Å². The number of carbonyl (C=O) groups is 2. The smallest absolute Gasteiger partial charge is 0.311 e. The van der Waals surface area contributed by atoms with E-state index in [-0.39, 0.29) is 31.3 Å². The predicted octanol–water partition coefficient (Wildman–Crippen LogP) is -0.267. The minimum absolute atomic E-state index is 0.140. The molecule has 0 aliphatic carbocycles. The molecule has 18 nitrogen and oxygen atoms in total. The predicted molar refractivity (Wildman–Crippen MR) is 206 cm³/mol. The van der Waals surface area contributed by atoms with Gasteiger partial charge in [-0.2, -0.15) is 0 Å². The lowest BCUT2D eigenvalue weighted by Gasteiger charge is -2.49. The number of methoxy groups -OCH3 is 1. The highest BCUT2D eigenvalue weighted by Gasteiger charge is 2.58. The van der Waals surface area contributed by atoms with Crippen LogP contribution in [0.1, 0.15) is 74.7 Å². The fraction of sp³-hybridized carbons (Fsp3) is 0.951. The molecule has 5 rings (SSSR count). The van der Waals surface area contributed by atoms with Crippen molar-refractivity contribution in [3.8, 4) is 0 Å². The van der Waals surface area contributed by atoms with Crippen molar-refractivity contribution in [3.63, 3.8) is 0 Å². The number of Topliss-reactive ketones (excluding diaryl/α,β-unsaturated/α-hetero) is 1. The summed E-state index contributed by atoms with van der Waals surface area (Å²) in [6, 6.07) is -0.402. The first kappa shape index (κ1) is 48.6. The van der Waals surface area contributed by atoms with Crippen LogP contribution in [0.2, 0.25) is 0 Å². The maximum Gasteiger partial charge on any atom is 0.311 e. The second kappa shape index (κ2) is 19.9. The summed E-state index contributed by atoms with van der Waals surface area (Å²) in [5.41, 5.74) is -1.21. The van der Waals surface area contributed by atoms with Crippen molar-refractivity contribution in [2.75, 3.05) is 34.4 Å². The molecule has 23 atom stereocenters. The number of cyclic esters (lactones) is 1. The van der Waals surface area contributed by atoms with Gasteiger partial charge in [-0.3, -0.25) is 9.59 Å². The Balaban J connectivity index is 1.56. The van der Waals surface area contributed by atoms with E-state index in [0.717, 1.165) is 0 Å². The average molecular weight is 850 g/mol. The number of likely N-dealkylation sites (N-methyl/N-ethyl adjacent to an activating group) is 1. The van der Waals surface area contributed by atoms with Gasteiger partial charge in [0.05, 0.1) is 55.8 Å². The molecule has 1 unspecified atom stereocenters. The standard InChI is InChI=1S/C41H71NO17/c1-17-14-41(16-52-41)37(49)20(4)29(44)19(3)23(7)55-38(50)22(6)35(57-28-13-26(51-11)30(45)24(8)54-28)21(5)34(17)58-40-36(25(42(9)10)12-18(2)53-40)59-39-33(48)32(47)31(46)27(15-43)56-39/h17-36,39-40,43-48H,12-16H2,1-11H3/t17-,18+,19-,20+,21+,22+,23+,24-,25-,26-,27+,28-,29-,30-,31+,32-,33+,34-,35?,36+,39-,40-,41+/m0/s1. The van der Waals surface area contributed by atoms with Crippen LogP contribution < -0.4 is 0 Å². The molecule has 5 heterocycles. The molecule has 0 saturated carbocycles. The number of ketones is 1. The minimum Gasteiger partial charge on any atom is -0.462 e. The molecule has 5 saturated heterocycles. The second-order valence-corrected chi connectivity index (χ2v) is 18.1. The summed E-state index contributed by atoms with van der Waals surface area (Å²) in [5.74, 6) is -4.43. The summed E-state index contributed by atoms with van der Waals surface area (Å²) >= 11 is 0. The Kier molecular flexibility index (Phi) is 16.4. The van der Waals surface area contributed by atoms with Gasteiger partial charge in [0.2, 0.25) is 0 Å². The van der Waals surface area contributed by atoms with Crippen LogP contribution in [0.3, 0.4) is 0 Å². The summed E-state index contributed by atoms with van der Waals surface area (Å²) in [6.45, 7) is 13.6. The second-order valence-electron chi connectivity index (χ2n) is 18.1. The quantitative estimate of drug-likeness (QED) is 0.129. The molecule has 18 heteroatoms. The number of rotatable bonds is 9. The third-order valence-corrected chi connectivity index (χ3v) is 13.5. The van der Waals surface area contributed by atoms with Crippen molar-refractivity contribution < 1.29 is 82.9 Å². The highest BCUT2D eigenvalue weighted by atomic mass is 16.8. The fourth-order valence-corrected chi connectivity index (χ4v) is 9.36. The van der Waals surface area contributed by atoms with Crippen LogP contribution in [0.15, 0.2) is 0 Å². The molecule has 6 N–H and O–H groups in total. The molecule has 0 aromatic rings.